The Morgan fingerprint density at radius 1 is 1.26 bits per heavy atom. The van der Waals surface area contributed by atoms with E-state index in [1.54, 1.807) is 17.7 Å². The SMILES string of the molecule is O=C(CSc1nncn1CCc1cccs1)NC(c1ccccc1)C1CC1. The van der Waals surface area contributed by atoms with Crippen LogP contribution < -0.4 is 5.32 Å². The predicted octanol–water partition coefficient (Wildman–Crippen LogP) is 3.94. The molecule has 0 radical (unpaired) electrons. The van der Waals surface area contributed by atoms with Gasteiger partial charge in [0.2, 0.25) is 5.91 Å². The molecular weight excluding hydrogens is 376 g/mol. The molecule has 0 saturated heterocycles. The van der Waals surface area contributed by atoms with Crippen molar-refractivity contribution in [2.24, 2.45) is 5.92 Å². The molecule has 3 aromatic rings. The molecule has 1 unspecified atom stereocenters. The Hall–Kier alpha value is -2.12. The van der Waals surface area contributed by atoms with E-state index in [1.165, 1.54) is 35.0 Å². The van der Waals surface area contributed by atoms with Gasteiger partial charge in [-0.2, -0.15) is 0 Å². The highest BCUT2D eigenvalue weighted by Gasteiger charge is 2.33. The Kier molecular flexibility index (Phi) is 5.89. The first-order valence-electron chi connectivity index (χ1n) is 9.17. The number of benzene rings is 1. The first-order valence-corrected chi connectivity index (χ1v) is 11.0. The van der Waals surface area contributed by atoms with Crippen molar-refractivity contribution in [3.05, 3.63) is 64.6 Å². The Morgan fingerprint density at radius 3 is 2.85 bits per heavy atom. The van der Waals surface area contributed by atoms with Crippen LogP contribution in [0.2, 0.25) is 0 Å². The fourth-order valence-corrected chi connectivity index (χ4v) is 4.55. The van der Waals surface area contributed by atoms with Gasteiger partial charge in [0.15, 0.2) is 5.16 Å². The van der Waals surface area contributed by atoms with E-state index in [-0.39, 0.29) is 11.9 Å². The zero-order valence-electron chi connectivity index (χ0n) is 15.0. The maximum Gasteiger partial charge on any atom is 0.230 e. The van der Waals surface area contributed by atoms with Gasteiger partial charge in [-0.25, -0.2) is 0 Å². The zero-order chi connectivity index (χ0) is 18.5. The summed E-state index contributed by atoms with van der Waals surface area (Å²) in [6.07, 6.45) is 5.06. The molecule has 2 aromatic heterocycles. The number of hydrogen-bond donors (Lipinski definition) is 1. The molecule has 1 saturated carbocycles. The molecule has 1 amide bonds. The lowest BCUT2D eigenvalue weighted by atomic mass is 10.0. The highest BCUT2D eigenvalue weighted by molar-refractivity contribution is 7.99. The number of nitrogens with zero attached hydrogens (tertiary/aromatic N) is 3. The van der Waals surface area contributed by atoms with E-state index in [1.807, 2.05) is 22.8 Å². The van der Waals surface area contributed by atoms with Crippen LogP contribution in [0.25, 0.3) is 0 Å². The van der Waals surface area contributed by atoms with Crippen molar-refractivity contribution in [3.8, 4) is 0 Å². The summed E-state index contributed by atoms with van der Waals surface area (Å²) in [5.74, 6) is 0.970. The number of hydrogen-bond acceptors (Lipinski definition) is 5. The van der Waals surface area contributed by atoms with E-state index < -0.39 is 0 Å². The molecule has 1 aromatic carbocycles. The molecule has 5 nitrogen and oxygen atoms in total. The van der Waals surface area contributed by atoms with Crippen molar-refractivity contribution in [2.75, 3.05) is 5.75 Å². The average Bonchev–Trinajstić information content (AvgIpc) is 3.21. The predicted molar refractivity (Wildman–Crippen MR) is 109 cm³/mol. The lowest BCUT2D eigenvalue weighted by Gasteiger charge is -2.18. The zero-order valence-corrected chi connectivity index (χ0v) is 16.6. The first-order chi connectivity index (χ1) is 13.3. The molecular formula is C20H22N4OS2. The summed E-state index contributed by atoms with van der Waals surface area (Å²) in [6.45, 7) is 0.826. The largest absolute Gasteiger partial charge is 0.348 e. The number of thioether (sulfide) groups is 1. The molecule has 2 heterocycles. The summed E-state index contributed by atoms with van der Waals surface area (Å²) in [5.41, 5.74) is 1.19. The number of aromatic nitrogens is 3. The topological polar surface area (TPSA) is 59.8 Å². The second-order valence-electron chi connectivity index (χ2n) is 6.72. The van der Waals surface area contributed by atoms with Crippen LogP contribution in [-0.2, 0) is 17.8 Å². The summed E-state index contributed by atoms with van der Waals surface area (Å²) in [6, 6.07) is 14.6. The van der Waals surface area contributed by atoms with E-state index in [0.29, 0.717) is 11.7 Å². The molecule has 1 fully saturated rings. The van der Waals surface area contributed by atoms with Gasteiger partial charge in [0.25, 0.3) is 0 Å². The van der Waals surface area contributed by atoms with Crippen LogP contribution in [0.3, 0.4) is 0 Å². The van der Waals surface area contributed by atoms with Crippen molar-refractivity contribution in [3.63, 3.8) is 0 Å². The van der Waals surface area contributed by atoms with Crippen molar-refractivity contribution in [1.29, 1.82) is 0 Å². The molecule has 1 aliphatic carbocycles. The summed E-state index contributed by atoms with van der Waals surface area (Å²) < 4.78 is 2.02. The van der Waals surface area contributed by atoms with Crippen LogP contribution in [0.5, 0.6) is 0 Å². The smallest absolute Gasteiger partial charge is 0.230 e. The third kappa shape index (κ3) is 4.99. The summed E-state index contributed by atoms with van der Waals surface area (Å²) in [4.78, 5) is 13.9. The van der Waals surface area contributed by atoms with Gasteiger partial charge in [0, 0.05) is 11.4 Å². The lowest BCUT2D eigenvalue weighted by Crippen LogP contribution is -2.31. The van der Waals surface area contributed by atoms with Gasteiger partial charge in [-0.1, -0.05) is 48.2 Å². The van der Waals surface area contributed by atoms with Crippen molar-refractivity contribution in [2.45, 2.75) is 37.0 Å². The molecule has 1 atom stereocenters. The Labute approximate surface area is 167 Å². The quantitative estimate of drug-likeness (QED) is 0.555. The first kappa shape index (κ1) is 18.3. The summed E-state index contributed by atoms with van der Waals surface area (Å²) in [7, 11) is 0. The third-order valence-electron chi connectivity index (χ3n) is 4.66. The Morgan fingerprint density at radius 2 is 2.11 bits per heavy atom. The Balaban J connectivity index is 1.31. The van der Waals surface area contributed by atoms with Crippen LogP contribution in [0.4, 0.5) is 0 Å². The van der Waals surface area contributed by atoms with Crippen molar-refractivity contribution in [1.82, 2.24) is 20.1 Å². The van der Waals surface area contributed by atoms with Gasteiger partial charge in [-0.05, 0) is 42.2 Å². The molecule has 0 spiro atoms. The molecule has 1 aliphatic rings. The van der Waals surface area contributed by atoms with E-state index in [9.17, 15) is 4.79 Å². The van der Waals surface area contributed by atoms with Crippen molar-refractivity contribution < 1.29 is 4.79 Å². The van der Waals surface area contributed by atoms with Gasteiger partial charge in [-0.15, -0.1) is 21.5 Å². The standard InChI is InChI=1S/C20H22N4OS2/c25-18(22-19(16-8-9-16)15-5-2-1-3-6-15)13-27-20-23-21-14-24(20)11-10-17-7-4-12-26-17/h1-7,12,14,16,19H,8-11,13H2,(H,22,25). The number of carbonyl (C=O) groups excluding carboxylic acids is 1. The number of carbonyl (C=O) groups is 1. The summed E-state index contributed by atoms with van der Waals surface area (Å²) in [5, 5.41) is 14.3. The van der Waals surface area contributed by atoms with E-state index in [0.717, 1.165) is 18.1 Å². The molecule has 4 rings (SSSR count). The summed E-state index contributed by atoms with van der Waals surface area (Å²) >= 11 is 3.21. The van der Waals surface area contributed by atoms with E-state index in [4.69, 9.17) is 0 Å². The number of thiophene rings is 1. The minimum absolute atomic E-state index is 0.0496. The number of nitrogens with one attached hydrogen (secondary N) is 1. The average molecular weight is 399 g/mol. The Bertz CT molecular complexity index is 859. The number of rotatable bonds is 9. The maximum atomic E-state index is 12.5. The second-order valence-corrected chi connectivity index (χ2v) is 8.69. The third-order valence-corrected chi connectivity index (χ3v) is 6.58. The van der Waals surface area contributed by atoms with Crippen LogP contribution in [0.1, 0.15) is 29.3 Å². The minimum atomic E-state index is 0.0496. The lowest BCUT2D eigenvalue weighted by molar-refractivity contribution is -0.119. The van der Waals surface area contributed by atoms with Gasteiger partial charge in [-0.3, -0.25) is 4.79 Å². The van der Waals surface area contributed by atoms with Gasteiger partial charge in [0.05, 0.1) is 11.8 Å². The van der Waals surface area contributed by atoms with Crippen LogP contribution >= 0.6 is 23.1 Å². The normalized spacial score (nSPS) is 14.8. The molecule has 1 N–H and O–H groups in total. The van der Waals surface area contributed by atoms with Crippen LogP contribution in [0.15, 0.2) is 59.3 Å². The number of aryl methyl sites for hydroxylation is 2. The van der Waals surface area contributed by atoms with Crippen LogP contribution in [-0.4, -0.2) is 26.4 Å². The minimum Gasteiger partial charge on any atom is -0.348 e. The highest BCUT2D eigenvalue weighted by atomic mass is 32.2. The van der Waals surface area contributed by atoms with Gasteiger partial charge >= 0.3 is 0 Å². The van der Waals surface area contributed by atoms with E-state index >= 15 is 0 Å². The van der Waals surface area contributed by atoms with Crippen LogP contribution in [0, 0.1) is 5.92 Å². The molecule has 0 bridgehead atoms. The molecule has 140 valence electrons. The molecule has 0 aliphatic heterocycles. The maximum absolute atomic E-state index is 12.5. The fourth-order valence-electron chi connectivity index (χ4n) is 3.10. The second kappa shape index (κ2) is 8.71. The van der Waals surface area contributed by atoms with E-state index in [2.05, 4.69) is 45.2 Å². The molecule has 7 heteroatoms. The monoisotopic (exact) mass is 398 g/mol. The van der Waals surface area contributed by atoms with Gasteiger partial charge < -0.3 is 9.88 Å². The van der Waals surface area contributed by atoms with Gasteiger partial charge in [0.1, 0.15) is 6.33 Å². The van der Waals surface area contributed by atoms with Crippen molar-refractivity contribution >= 4 is 29.0 Å². The highest BCUT2D eigenvalue weighted by Crippen LogP contribution is 2.41. The molecule has 27 heavy (non-hydrogen) atoms. The fraction of sp³-hybridized carbons (Fsp3) is 0.350. The number of amides is 1.